The van der Waals surface area contributed by atoms with E-state index in [9.17, 15) is 13.6 Å². The SMILES string of the molecule is Cc1cc(N)cnc1NC(=O)c1c(F)cc(Br)cc1F. The summed E-state index contributed by atoms with van der Waals surface area (Å²) in [4.78, 5) is 15.8. The lowest BCUT2D eigenvalue weighted by molar-refractivity contribution is 0.101. The number of nitrogens with two attached hydrogens (primary N) is 1. The van der Waals surface area contributed by atoms with Gasteiger partial charge in [0.25, 0.3) is 5.91 Å². The highest BCUT2D eigenvalue weighted by Crippen LogP contribution is 2.21. The van der Waals surface area contributed by atoms with E-state index in [0.29, 0.717) is 11.3 Å². The van der Waals surface area contributed by atoms with Gasteiger partial charge in [-0.2, -0.15) is 0 Å². The maximum absolute atomic E-state index is 13.7. The lowest BCUT2D eigenvalue weighted by Gasteiger charge is -2.09. The predicted molar refractivity (Wildman–Crippen MR) is 75.4 cm³/mol. The third-order valence-electron chi connectivity index (χ3n) is 2.57. The minimum atomic E-state index is -0.956. The van der Waals surface area contributed by atoms with Crippen LogP contribution in [0.2, 0.25) is 0 Å². The molecule has 2 aromatic rings. The molecule has 1 amide bonds. The van der Waals surface area contributed by atoms with E-state index in [0.717, 1.165) is 12.1 Å². The number of anilines is 2. The zero-order valence-electron chi connectivity index (χ0n) is 10.4. The van der Waals surface area contributed by atoms with Crippen molar-refractivity contribution in [2.75, 3.05) is 11.1 Å². The summed E-state index contributed by atoms with van der Waals surface area (Å²) in [5, 5.41) is 2.35. The molecule has 0 aliphatic rings. The van der Waals surface area contributed by atoms with Crippen molar-refractivity contribution >= 4 is 33.3 Å². The molecule has 7 heteroatoms. The maximum Gasteiger partial charge on any atom is 0.262 e. The van der Waals surface area contributed by atoms with Crippen LogP contribution in [0.25, 0.3) is 0 Å². The molecule has 0 saturated heterocycles. The Morgan fingerprint density at radius 1 is 1.30 bits per heavy atom. The first-order valence-electron chi connectivity index (χ1n) is 5.56. The van der Waals surface area contributed by atoms with Gasteiger partial charge in [0.1, 0.15) is 23.0 Å². The van der Waals surface area contributed by atoms with Gasteiger partial charge in [-0.25, -0.2) is 13.8 Å². The Balaban J connectivity index is 2.33. The van der Waals surface area contributed by atoms with E-state index in [2.05, 4.69) is 26.2 Å². The molecule has 0 unspecified atom stereocenters. The third kappa shape index (κ3) is 2.93. The van der Waals surface area contributed by atoms with Gasteiger partial charge in [-0.05, 0) is 30.7 Å². The maximum atomic E-state index is 13.7. The van der Waals surface area contributed by atoms with Crippen molar-refractivity contribution in [2.45, 2.75) is 6.92 Å². The van der Waals surface area contributed by atoms with Gasteiger partial charge in [0.15, 0.2) is 0 Å². The van der Waals surface area contributed by atoms with Crippen LogP contribution in [-0.4, -0.2) is 10.9 Å². The van der Waals surface area contributed by atoms with Gasteiger partial charge < -0.3 is 11.1 Å². The number of nitrogens with zero attached hydrogens (tertiary/aromatic N) is 1. The molecule has 3 N–H and O–H groups in total. The van der Waals surface area contributed by atoms with E-state index in [1.807, 2.05) is 0 Å². The standard InChI is InChI=1S/C13H10BrF2N3O/c1-6-2-8(17)5-18-12(6)19-13(20)11-9(15)3-7(14)4-10(11)16/h2-5H,17H2,1H3,(H,18,19,20). The Hall–Kier alpha value is -2.02. The number of halogens is 3. The van der Waals surface area contributed by atoms with Crippen molar-refractivity contribution in [3.8, 4) is 0 Å². The summed E-state index contributed by atoms with van der Waals surface area (Å²) in [7, 11) is 0. The molecular formula is C13H10BrF2N3O. The molecular weight excluding hydrogens is 332 g/mol. The molecule has 0 fully saturated rings. The molecule has 1 heterocycles. The van der Waals surface area contributed by atoms with Crippen LogP contribution in [0, 0.1) is 18.6 Å². The van der Waals surface area contributed by atoms with E-state index < -0.39 is 23.1 Å². The fourth-order valence-corrected chi connectivity index (χ4v) is 2.06. The van der Waals surface area contributed by atoms with Crippen molar-refractivity contribution in [1.82, 2.24) is 4.98 Å². The minimum absolute atomic E-state index is 0.200. The van der Waals surface area contributed by atoms with E-state index in [-0.39, 0.29) is 10.3 Å². The van der Waals surface area contributed by atoms with Crippen molar-refractivity contribution in [2.24, 2.45) is 0 Å². The summed E-state index contributed by atoms with van der Waals surface area (Å²) in [5.74, 6) is -2.62. The summed E-state index contributed by atoms with van der Waals surface area (Å²) in [6.07, 6.45) is 1.34. The monoisotopic (exact) mass is 341 g/mol. The van der Waals surface area contributed by atoms with Gasteiger partial charge in [0.05, 0.1) is 11.9 Å². The molecule has 1 aromatic carbocycles. The molecule has 0 aliphatic heterocycles. The number of carbonyl (C=O) groups is 1. The number of nitrogen functional groups attached to an aromatic ring is 1. The zero-order valence-corrected chi connectivity index (χ0v) is 12.0. The number of benzene rings is 1. The van der Waals surface area contributed by atoms with Crippen molar-refractivity contribution in [3.05, 3.63) is 51.6 Å². The summed E-state index contributed by atoms with van der Waals surface area (Å²) in [6, 6.07) is 3.62. The van der Waals surface area contributed by atoms with E-state index in [1.54, 1.807) is 13.0 Å². The first kappa shape index (κ1) is 14.4. The minimum Gasteiger partial charge on any atom is -0.397 e. The number of hydrogen-bond acceptors (Lipinski definition) is 3. The van der Waals surface area contributed by atoms with Gasteiger partial charge in [-0.15, -0.1) is 0 Å². The Kier molecular flexibility index (Phi) is 3.99. The smallest absolute Gasteiger partial charge is 0.262 e. The van der Waals surface area contributed by atoms with E-state index >= 15 is 0 Å². The van der Waals surface area contributed by atoms with Crippen LogP contribution in [-0.2, 0) is 0 Å². The predicted octanol–water partition coefficient (Wildman–Crippen LogP) is 3.27. The molecule has 0 aliphatic carbocycles. The number of rotatable bonds is 2. The topological polar surface area (TPSA) is 68.0 Å². The van der Waals surface area contributed by atoms with E-state index in [4.69, 9.17) is 5.73 Å². The van der Waals surface area contributed by atoms with Gasteiger partial charge in [0, 0.05) is 4.47 Å². The van der Waals surface area contributed by atoms with Crippen molar-refractivity contribution < 1.29 is 13.6 Å². The number of pyridine rings is 1. The lowest BCUT2D eigenvalue weighted by atomic mass is 10.1. The van der Waals surface area contributed by atoms with Gasteiger partial charge >= 0.3 is 0 Å². The average molecular weight is 342 g/mol. The second-order valence-corrected chi connectivity index (χ2v) is 5.05. The number of aryl methyl sites for hydroxylation is 1. The van der Waals surface area contributed by atoms with Crippen LogP contribution >= 0.6 is 15.9 Å². The largest absolute Gasteiger partial charge is 0.397 e. The quantitative estimate of drug-likeness (QED) is 0.880. The highest BCUT2D eigenvalue weighted by atomic mass is 79.9. The molecule has 20 heavy (non-hydrogen) atoms. The van der Waals surface area contributed by atoms with Crippen LogP contribution in [0.1, 0.15) is 15.9 Å². The average Bonchev–Trinajstić information content (AvgIpc) is 2.31. The van der Waals surface area contributed by atoms with Crippen LogP contribution in [0.3, 0.4) is 0 Å². The summed E-state index contributed by atoms with van der Waals surface area (Å²) >= 11 is 2.94. The number of amides is 1. The van der Waals surface area contributed by atoms with Crippen LogP contribution in [0.4, 0.5) is 20.3 Å². The summed E-state index contributed by atoms with van der Waals surface area (Å²) < 4.78 is 27.5. The molecule has 0 bridgehead atoms. The molecule has 0 atom stereocenters. The Bertz CT molecular complexity index is 668. The van der Waals surface area contributed by atoms with Crippen molar-refractivity contribution in [3.63, 3.8) is 0 Å². The fourth-order valence-electron chi connectivity index (χ4n) is 1.66. The molecule has 104 valence electrons. The highest BCUT2D eigenvalue weighted by Gasteiger charge is 2.19. The Labute approximate surface area is 122 Å². The fraction of sp³-hybridized carbons (Fsp3) is 0.0769. The van der Waals surface area contributed by atoms with Crippen LogP contribution in [0.15, 0.2) is 28.9 Å². The first-order chi connectivity index (χ1) is 9.38. The van der Waals surface area contributed by atoms with Crippen LogP contribution < -0.4 is 11.1 Å². The molecule has 0 radical (unpaired) electrons. The summed E-state index contributed by atoms with van der Waals surface area (Å²) in [6.45, 7) is 1.67. The Morgan fingerprint density at radius 3 is 2.45 bits per heavy atom. The lowest BCUT2D eigenvalue weighted by Crippen LogP contribution is -2.17. The van der Waals surface area contributed by atoms with Gasteiger partial charge in [-0.1, -0.05) is 15.9 Å². The van der Waals surface area contributed by atoms with Crippen molar-refractivity contribution in [1.29, 1.82) is 0 Å². The number of hydrogen-bond donors (Lipinski definition) is 2. The number of aromatic nitrogens is 1. The molecule has 0 saturated carbocycles. The highest BCUT2D eigenvalue weighted by molar-refractivity contribution is 9.10. The Morgan fingerprint density at radius 2 is 1.90 bits per heavy atom. The van der Waals surface area contributed by atoms with E-state index in [1.165, 1.54) is 6.20 Å². The molecule has 0 spiro atoms. The third-order valence-corrected chi connectivity index (χ3v) is 3.02. The van der Waals surface area contributed by atoms with Crippen LogP contribution in [0.5, 0.6) is 0 Å². The number of nitrogens with one attached hydrogen (secondary N) is 1. The second-order valence-electron chi connectivity index (χ2n) is 4.13. The molecule has 1 aromatic heterocycles. The van der Waals surface area contributed by atoms with Gasteiger partial charge in [-0.3, -0.25) is 4.79 Å². The zero-order chi connectivity index (χ0) is 14.9. The normalized spacial score (nSPS) is 10.4. The first-order valence-corrected chi connectivity index (χ1v) is 6.36. The number of carbonyl (C=O) groups excluding carboxylic acids is 1. The molecule has 2 rings (SSSR count). The second kappa shape index (κ2) is 5.54. The molecule has 4 nitrogen and oxygen atoms in total. The van der Waals surface area contributed by atoms with Gasteiger partial charge in [0.2, 0.25) is 0 Å². The summed E-state index contributed by atoms with van der Waals surface area (Å²) in [5.41, 5.74) is 5.90.